The largest absolute Gasteiger partial charge is 0.333 e. The molecule has 2 fully saturated rings. The van der Waals surface area contributed by atoms with Crippen molar-refractivity contribution in [2.75, 3.05) is 0 Å². The molecule has 0 radical (unpaired) electrons. The highest BCUT2D eigenvalue weighted by molar-refractivity contribution is 7.15. The van der Waals surface area contributed by atoms with Crippen LogP contribution in [0, 0.1) is 13.8 Å². The number of pyridine rings is 1. The van der Waals surface area contributed by atoms with Crippen molar-refractivity contribution >= 4 is 28.6 Å². The van der Waals surface area contributed by atoms with E-state index < -0.39 is 0 Å². The molecule has 29 heavy (non-hydrogen) atoms. The fourth-order valence-electron chi connectivity index (χ4n) is 4.67. The van der Waals surface area contributed by atoms with E-state index in [-0.39, 0.29) is 5.91 Å². The summed E-state index contributed by atoms with van der Waals surface area (Å²) in [6.45, 7) is 4.06. The normalized spacial score (nSPS) is 21.0. The number of aryl methyl sites for hydroxylation is 2. The highest BCUT2D eigenvalue weighted by Gasteiger charge is 2.39. The Morgan fingerprint density at radius 1 is 1.14 bits per heavy atom. The van der Waals surface area contributed by atoms with Gasteiger partial charge in [0.1, 0.15) is 0 Å². The van der Waals surface area contributed by atoms with E-state index in [1.165, 1.54) is 6.42 Å². The summed E-state index contributed by atoms with van der Waals surface area (Å²) in [4.78, 5) is 30.1. The molecular weight excluding hydrogens is 400 g/mol. The minimum atomic E-state index is 0.156. The van der Waals surface area contributed by atoms with Crippen molar-refractivity contribution in [1.29, 1.82) is 0 Å². The Morgan fingerprint density at radius 3 is 2.59 bits per heavy atom. The number of rotatable bonds is 4. The van der Waals surface area contributed by atoms with Gasteiger partial charge in [0, 0.05) is 35.8 Å². The van der Waals surface area contributed by atoms with Crippen molar-refractivity contribution in [3.05, 3.63) is 50.7 Å². The maximum atomic E-state index is 13.0. The van der Waals surface area contributed by atoms with Crippen LogP contribution in [0.2, 0.25) is 0 Å². The van der Waals surface area contributed by atoms with E-state index in [0.29, 0.717) is 24.1 Å². The third kappa shape index (κ3) is 3.62. The molecule has 1 amide bonds. The van der Waals surface area contributed by atoms with Crippen LogP contribution in [0.5, 0.6) is 0 Å². The number of piperidine rings is 1. The summed E-state index contributed by atoms with van der Waals surface area (Å²) in [6, 6.07) is 4.79. The van der Waals surface area contributed by atoms with Crippen molar-refractivity contribution in [3.63, 3.8) is 0 Å². The van der Waals surface area contributed by atoms with E-state index in [9.17, 15) is 4.79 Å². The fourth-order valence-corrected chi connectivity index (χ4v) is 6.43. The van der Waals surface area contributed by atoms with Gasteiger partial charge in [0.05, 0.1) is 31.8 Å². The van der Waals surface area contributed by atoms with E-state index in [2.05, 4.69) is 20.2 Å². The lowest BCUT2D eigenvalue weighted by atomic mass is 10.0. The van der Waals surface area contributed by atoms with E-state index in [0.717, 1.165) is 57.7 Å². The van der Waals surface area contributed by atoms with Gasteiger partial charge in [0.15, 0.2) is 0 Å². The van der Waals surface area contributed by atoms with Crippen LogP contribution in [0.25, 0.3) is 10.6 Å². The number of hydrogen-bond acceptors (Lipinski definition) is 6. The van der Waals surface area contributed by atoms with Gasteiger partial charge in [0.2, 0.25) is 0 Å². The van der Waals surface area contributed by atoms with Gasteiger partial charge >= 0.3 is 0 Å². The smallest absolute Gasteiger partial charge is 0.255 e. The molecule has 7 heteroatoms. The van der Waals surface area contributed by atoms with E-state index in [1.54, 1.807) is 28.9 Å². The average Bonchev–Trinajstić information content (AvgIpc) is 3.37. The highest BCUT2D eigenvalue weighted by Crippen LogP contribution is 2.36. The van der Waals surface area contributed by atoms with Gasteiger partial charge in [-0.15, -0.1) is 22.7 Å². The van der Waals surface area contributed by atoms with Gasteiger partial charge in [-0.2, -0.15) is 0 Å². The van der Waals surface area contributed by atoms with Crippen LogP contribution in [0.4, 0.5) is 0 Å². The van der Waals surface area contributed by atoms with Gasteiger partial charge in [-0.25, -0.2) is 9.97 Å². The number of nitrogens with zero attached hydrogens (tertiary/aromatic N) is 4. The second-order valence-corrected chi connectivity index (χ2v) is 10.2. The molecule has 0 aromatic carbocycles. The summed E-state index contributed by atoms with van der Waals surface area (Å²) in [6.07, 6.45) is 8.31. The van der Waals surface area contributed by atoms with Crippen LogP contribution >= 0.6 is 22.7 Å². The van der Waals surface area contributed by atoms with Gasteiger partial charge in [0.25, 0.3) is 5.91 Å². The number of fused-ring (bicyclic) bond motifs is 2. The zero-order valence-corrected chi connectivity index (χ0v) is 18.4. The fraction of sp³-hybridized carbons (Fsp3) is 0.455. The Labute approximate surface area is 178 Å². The second kappa shape index (κ2) is 7.61. The van der Waals surface area contributed by atoms with Crippen molar-refractivity contribution in [2.24, 2.45) is 0 Å². The number of aromatic nitrogens is 3. The molecule has 150 valence electrons. The van der Waals surface area contributed by atoms with Gasteiger partial charge in [-0.05, 0) is 58.1 Å². The predicted molar refractivity (Wildman–Crippen MR) is 117 cm³/mol. The van der Waals surface area contributed by atoms with E-state index in [4.69, 9.17) is 4.98 Å². The topological polar surface area (TPSA) is 59.0 Å². The second-order valence-electron chi connectivity index (χ2n) is 8.02. The molecule has 2 aliphatic rings. The van der Waals surface area contributed by atoms with Crippen molar-refractivity contribution in [3.8, 4) is 10.6 Å². The molecule has 0 spiro atoms. The first-order chi connectivity index (χ1) is 14.1. The average molecular weight is 425 g/mol. The monoisotopic (exact) mass is 424 g/mol. The molecule has 5 heterocycles. The Kier molecular flexibility index (Phi) is 4.95. The molecule has 5 nitrogen and oxygen atoms in total. The molecule has 2 saturated heterocycles. The summed E-state index contributed by atoms with van der Waals surface area (Å²) in [5, 5.41) is 4.20. The maximum Gasteiger partial charge on any atom is 0.255 e. The lowest BCUT2D eigenvalue weighted by Crippen LogP contribution is -2.44. The number of carbonyl (C=O) groups is 1. The van der Waals surface area contributed by atoms with Crippen molar-refractivity contribution < 1.29 is 4.79 Å². The third-order valence-corrected chi connectivity index (χ3v) is 7.97. The van der Waals surface area contributed by atoms with Crippen LogP contribution in [-0.4, -0.2) is 37.8 Å². The first kappa shape index (κ1) is 18.9. The Balaban J connectivity index is 1.29. The molecule has 0 N–H and O–H groups in total. The minimum absolute atomic E-state index is 0.156. The van der Waals surface area contributed by atoms with Crippen LogP contribution in [0.15, 0.2) is 23.7 Å². The summed E-state index contributed by atoms with van der Waals surface area (Å²) >= 11 is 3.34. The Bertz CT molecular complexity index is 1020. The zero-order valence-electron chi connectivity index (χ0n) is 16.7. The molecule has 2 aliphatic heterocycles. The first-order valence-electron chi connectivity index (χ1n) is 10.2. The predicted octanol–water partition coefficient (Wildman–Crippen LogP) is 5.03. The van der Waals surface area contributed by atoms with E-state index in [1.807, 2.05) is 26.0 Å². The van der Waals surface area contributed by atoms with Crippen LogP contribution in [0.3, 0.4) is 0 Å². The molecule has 0 aliphatic carbocycles. The molecule has 3 aromatic heterocycles. The SMILES string of the molecule is Cc1nc(C)c(-c2csc(Cc3ccc(C(=O)N4[C@@H]5CCC[C@H]4CC5)cn3)n2)s1. The molecule has 0 unspecified atom stereocenters. The van der Waals surface area contributed by atoms with Crippen LogP contribution in [-0.2, 0) is 6.42 Å². The Morgan fingerprint density at radius 2 is 1.93 bits per heavy atom. The Hall–Kier alpha value is -2.12. The van der Waals surface area contributed by atoms with Gasteiger partial charge < -0.3 is 4.90 Å². The third-order valence-electron chi connectivity index (χ3n) is 6.02. The minimum Gasteiger partial charge on any atom is -0.333 e. The highest BCUT2D eigenvalue weighted by atomic mass is 32.1. The van der Waals surface area contributed by atoms with E-state index >= 15 is 0 Å². The molecule has 2 atom stereocenters. The van der Waals surface area contributed by atoms with Gasteiger partial charge in [-0.3, -0.25) is 9.78 Å². The summed E-state index contributed by atoms with van der Waals surface area (Å²) < 4.78 is 0. The van der Waals surface area contributed by atoms with Crippen LogP contribution < -0.4 is 0 Å². The number of carbonyl (C=O) groups excluding carboxylic acids is 1. The van der Waals surface area contributed by atoms with Crippen molar-refractivity contribution in [1.82, 2.24) is 19.9 Å². The lowest BCUT2D eigenvalue weighted by Gasteiger charge is -2.34. The number of thiazole rings is 2. The quantitative estimate of drug-likeness (QED) is 0.590. The zero-order chi connectivity index (χ0) is 20.0. The number of amides is 1. The maximum absolute atomic E-state index is 13.0. The molecule has 0 saturated carbocycles. The van der Waals surface area contributed by atoms with Crippen LogP contribution in [0.1, 0.15) is 63.9 Å². The summed E-state index contributed by atoms with van der Waals surface area (Å²) in [7, 11) is 0. The lowest BCUT2D eigenvalue weighted by molar-refractivity contribution is 0.0594. The number of hydrogen-bond donors (Lipinski definition) is 0. The standard InChI is InChI=1S/C22H24N4OS2/c1-13-21(29-14(2)24-13)19-12-28-20(25-19)10-16-7-6-15(11-23-16)22(27)26-17-4-3-5-18(26)9-8-17/h6-7,11-12,17-18H,3-5,8-10H2,1-2H3/t17-,18+. The molecule has 2 bridgehead atoms. The first-order valence-corrected chi connectivity index (χ1v) is 11.9. The van der Waals surface area contributed by atoms with Crippen molar-refractivity contribution in [2.45, 2.75) is 64.5 Å². The summed E-state index contributed by atoms with van der Waals surface area (Å²) in [5.41, 5.74) is 3.70. The molecule has 5 rings (SSSR count). The van der Waals surface area contributed by atoms with Gasteiger partial charge in [-0.1, -0.05) is 0 Å². The summed E-state index contributed by atoms with van der Waals surface area (Å²) in [5.74, 6) is 0.156. The molecular formula is C22H24N4OS2. The molecule has 3 aromatic rings.